The highest BCUT2D eigenvalue weighted by atomic mass is 15.1. The second-order valence-electron chi connectivity index (χ2n) is 13.4. The van der Waals surface area contributed by atoms with Gasteiger partial charge in [0.15, 0.2) is 0 Å². The lowest BCUT2D eigenvalue weighted by Gasteiger charge is -2.29. The van der Waals surface area contributed by atoms with Crippen LogP contribution in [-0.2, 0) is 5.41 Å². The third kappa shape index (κ3) is 4.54. The van der Waals surface area contributed by atoms with E-state index in [1.807, 2.05) is 0 Å². The van der Waals surface area contributed by atoms with Gasteiger partial charge in [-0.2, -0.15) is 0 Å². The summed E-state index contributed by atoms with van der Waals surface area (Å²) in [6, 6.07) is 64.4. The molecule has 0 atom stereocenters. The number of fused-ring (bicyclic) bond motifs is 6. The van der Waals surface area contributed by atoms with E-state index in [2.05, 4.69) is 195 Å². The van der Waals surface area contributed by atoms with Crippen molar-refractivity contribution >= 4 is 38.6 Å². The molecule has 0 aromatic heterocycles. The van der Waals surface area contributed by atoms with Gasteiger partial charge in [0.2, 0.25) is 0 Å². The van der Waals surface area contributed by atoms with Crippen LogP contribution >= 0.6 is 0 Å². The van der Waals surface area contributed by atoms with Gasteiger partial charge in [0.25, 0.3) is 0 Å². The summed E-state index contributed by atoms with van der Waals surface area (Å²) >= 11 is 0. The van der Waals surface area contributed by atoms with Crippen LogP contribution in [0, 0.1) is 0 Å². The van der Waals surface area contributed by atoms with E-state index in [4.69, 9.17) is 0 Å². The molecule has 0 unspecified atom stereocenters. The van der Waals surface area contributed by atoms with Gasteiger partial charge < -0.3 is 4.90 Å². The van der Waals surface area contributed by atoms with Crippen LogP contribution in [0.25, 0.3) is 54.9 Å². The Hall–Kier alpha value is -5.92. The maximum absolute atomic E-state index is 2.43. The third-order valence-electron chi connectivity index (χ3n) is 10.2. The zero-order valence-corrected chi connectivity index (χ0v) is 27.2. The summed E-state index contributed by atoms with van der Waals surface area (Å²) in [6.07, 6.45) is 0. The average molecular weight is 614 g/mol. The lowest BCUT2D eigenvalue weighted by Crippen LogP contribution is -2.16. The molecule has 228 valence electrons. The Kier molecular flexibility index (Phi) is 6.55. The van der Waals surface area contributed by atoms with E-state index in [0.717, 1.165) is 17.1 Å². The van der Waals surface area contributed by atoms with Gasteiger partial charge in [-0.25, -0.2) is 0 Å². The minimum absolute atomic E-state index is 0.0897. The van der Waals surface area contributed by atoms with Crippen molar-refractivity contribution in [2.24, 2.45) is 0 Å². The van der Waals surface area contributed by atoms with E-state index < -0.39 is 0 Å². The topological polar surface area (TPSA) is 3.24 Å². The third-order valence-corrected chi connectivity index (χ3v) is 10.2. The van der Waals surface area contributed by atoms with Crippen LogP contribution in [0.4, 0.5) is 17.1 Å². The zero-order valence-electron chi connectivity index (χ0n) is 27.2. The molecule has 0 fully saturated rings. The zero-order chi connectivity index (χ0) is 32.2. The molecule has 0 saturated heterocycles. The fourth-order valence-electron chi connectivity index (χ4n) is 7.80. The molecule has 0 N–H and O–H groups in total. The highest BCUT2D eigenvalue weighted by Crippen LogP contribution is 2.51. The fourth-order valence-corrected chi connectivity index (χ4v) is 7.80. The van der Waals surface area contributed by atoms with E-state index in [-0.39, 0.29) is 5.41 Å². The van der Waals surface area contributed by atoms with Crippen LogP contribution < -0.4 is 4.90 Å². The Morgan fingerprint density at radius 1 is 0.354 bits per heavy atom. The van der Waals surface area contributed by atoms with Crippen molar-refractivity contribution in [1.29, 1.82) is 0 Å². The molecule has 9 rings (SSSR count). The van der Waals surface area contributed by atoms with Gasteiger partial charge in [-0.3, -0.25) is 0 Å². The van der Waals surface area contributed by atoms with Gasteiger partial charge in [0.1, 0.15) is 0 Å². The molecule has 0 bridgehead atoms. The van der Waals surface area contributed by atoms with Gasteiger partial charge in [-0.05, 0) is 109 Å². The van der Waals surface area contributed by atoms with Crippen molar-refractivity contribution in [3.05, 3.63) is 187 Å². The lowest BCUT2D eigenvalue weighted by atomic mass is 9.82. The average Bonchev–Trinajstić information content (AvgIpc) is 3.38. The molecule has 1 heteroatoms. The van der Waals surface area contributed by atoms with Crippen molar-refractivity contribution < 1.29 is 0 Å². The molecule has 1 nitrogen and oxygen atoms in total. The number of hydrogen-bond donors (Lipinski definition) is 0. The summed E-state index contributed by atoms with van der Waals surface area (Å²) in [5, 5.41) is 5.04. The van der Waals surface area contributed by atoms with Crippen molar-refractivity contribution in [1.82, 2.24) is 0 Å². The Morgan fingerprint density at radius 3 is 1.73 bits per heavy atom. The number of anilines is 3. The predicted octanol–water partition coefficient (Wildman–Crippen LogP) is 13.1. The van der Waals surface area contributed by atoms with Gasteiger partial charge >= 0.3 is 0 Å². The highest BCUT2D eigenvalue weighted by Gasteiger charge is 2.35. The molecule has 0 aliphatic heterocycles. The first-order valence-electron chi connectivity index (χ1n) is 16.8. The van der Waals surface area contributed by atoms with Crippen molar-refractivity contribution in [3.8, 4) is 33.4 Å². The summed E-state index contributed by atoms with van der Waals surface area (Å²) in [6.45, 7) is 4.71. The summed E-state index contributed by atoms with van der Waals surface area (Å²) in [4.78, 5) is 2.43. The summed E-state index contributed by atoms with van der Waals surface area (Å²) < 4.78 is 0. The summed E-state index contributed by atoms with van der Waals surface area (Å²) in [5.74, 6) is 0. The molecule has 8 aromatic rings. The molecule has 0 radical (unpaired) electrons. The van der Waals surface area contributed by atoms with E-state index in [9.17, 15) is 0 Å². The van der Waals surface area contributed by atoms with Gasteiger partial charge in [0.05, 0.1) is 0 Å². The monoisotopic (exact) mass is 613 g/mol. The molecule has 0 amide bonds. The minimum Gasteiger partial charge on any atom is -0.310 e. The second kappa shape index (κ2) is 11.1. The SMILES string of the molecule is CC1(C)c2ccccc2-c2ccc(N(c3ccc(-c4ccccc4)cc3)c3ccc4c(c3)c(-c3ccccc3)cc3ccccc34)cc21. The van der Waals surface area contributed by atoms with Crippen LogP contribution in [0.5, 0.6) is 0 Å². The molecule has 8 aromatic carbocycles. The Bertz CT molecular complexity index is 2460. The number of rotatable bonds is 5. The van der Waals surface area contributed by atoms with Crippen LogP contribution in [-0.4, -0.2) is 0 Å². The first-order chi connectivity index (χ1) is 23.6. The summed E-state index contributed by atoms with van der Waals surface area (Å²) in [7, 11) is 0. The lowest BCUT2D eigenvalue weighted by molar-refractivity contribution is 0.660. The predicted molar refractivity (Wildman–Crippen MR) is 205 cm³/mol. The Balaban J connectivity index is 1.27. The van der Waals surface area contributed by atoms with Crippen LogP contribution in [0.1, 0.15) is 25.0 Å². The second-order valence-corrected chi connectivity index (χ2v) is 13.4. The largest absolute Gasteiger partial charge is 0.310 e. The van der Waals surface area contributed by atoms with Gasteiger partial charge in [0, 0.05) is 22.5 Å². The quantitative estimate of drug-likeness (QED) is 0.175. The Labute approximate surface area is 282 Å². The van der Waals surface area contributed by atoms with Crippen molar-refractivity contribution in [2.45, 2.75) is 19.3 Å². The first-order valence-corrected chi connectivity index (χ1v) is 16.8. The molecule has 1 aliphatic rings. The van der Waals surface area contributed by atoms with E-state index in [1.165, 1.54) is 66.1 Å². The van der Waals surface area contributed by atoms with Crippen LogP contribution in [0.2, 0.25) is 0 Å². The maximum atomic E-state index is 2.43. The van der Waals surface area contributed by atoms with Crippen LogP contribution in [0.3, 0.4) is 0 Å². The molecule has 0 heterocycles. The first kappa shape index (κ1) is 28.3. The molecular formula is C47H35N. The van der Waals surface area contributed by atoms with E-state index in [1.54, 1.807) is 0 Å². The molecule has 1 aliphatic carbocycles. The molecule has 0 spiro atoms. The number of nitrogens with zero attached hydrogens (tertiary/aromatic N) is 1. The van der Waals surface area contributed by atoms with Gasteiger partial charge in [-0.15, -0.1) is 0 Å². The molecule has 48 heavy (non-hydrogen) atoms. The Morgan fingerprint density at radius 2 is 0.938 bits per heavy atom. The highest BCUT2D eigenvalue weighted by molar-refractivity contribution is 6.14. The van der Waals surface area contributed by atoms with Gasteiger partial charge in [-0.1, -0.05) is 147 Å². The normalized spacial score (nSPS) is 13.0. The minimum atomic E-state index is -0.0897. The smallest absolute Gasteiger partial charge is 0.0468 e. The van der Waals surface area contributed by atoms with E-state index in [0.29, 0.717) is 0 Å². The van der Waals surface area contributed by atoms with Crippen molar-refractivity contribution in [2.75, 3.05) is 4.90 Å². The molecular weight excluding hydrogens is 579 g/mol. The van der Waals surface area contributed by atoms with Crippen molar-refractivity contribution in [3.63, 3.8) is 0 Å². The number of hydrogen-bond acceptors (Lipinski definition) is 1. The van der Waals surface area contributed by atoms with Crippen LogP contribution in [0.15, 0.2) is 176 Å². The standard InChI is InChI=1S/C47H35N/c1-47(2)45-20-12-11-19-41(45)42-28-26-38(31-46(42)47)48(36-23-21-33(22-24-36)32-13-5-3-6-14-32)37-25-27-40-39-18-10-9-17-35(39)29-43(44(40)30-37)34-15-7-4-8-16-34/h3-31H,1-2H3. The summed E-state index contributed by atoms with van der Waals surface area (Å²) in [5.41, 5.74) is 13.7. The van der Waals surface area contributed by atoms with E-state index >= 15 is 0 Å². The number of benzene rings is 8. The maximum Gasteiger partial charge on any atom is 0.0468 e. The fraction of sp³-hybridized carbons (Fsp3) is 0.0638. The molecule has 0 saturated carbocycles.